The first-order chi connectivity index (χ1) is 9.18. The number of aliphatic imine (C=N–C) groups is 1. The van der Waals surface area contributed by atoms with Gasteiger partial charge in [0.25, 0.3) is 0 Å². The molecular formula is C15H18N4. The van der Waals surface area contributed by atoms with Crippen molar-refractivity contribution in [3.8, 4) is 0 Å². The van der Waals surface area contributed by atoms with Crippen LogP contribution in [0.5, 0.6) is 0 Å². The summed E-state index contributed by atoms with van der Waals surface area (Å²) in [4.78, 5) is 10.9. The van der Waals surface area contributed by atoms with Crippen LogP contribution in [0.2, 0.25) is 0 Å². The van der Waals surface area contributed by atoms with Gasteiger partial charge in [0.1, 0.15) is 0 Å². The molecule has 0 aliphatic carbocycles. The van der Waals surface area contributed by atoms with Crippen LogP contribution >= 0.6 is 0 Å². The molecule has 2 heterocycles. The lowest BCUT2D eigenvalue weighted by atomic mass is 10.0. The van der Waals surface area contributed by atoms with Gasteiger partial charge in [-0.3, -0.25) is 9.98 Å². The van der Waals surface area contributed by atoms with E-state index in [0.717, 1.165) is 5.39 Å². The van der Waals surface area contributed by atoms with Gasteiger partial charge in [-0.2, -0.15) is 0 Å². The maximum absolute atomic E-state index is 6.01. The molecule has 0 radical (unpaired) electrons. The van der Waals surface area contributed by atoms with Crippen LogP contribution in [-0.4, -0.2) is 28.4 Å². The van der Waals surface area contributed by atoms with E-state index in [1.807, 2.05) is 18.5 Å². The van der Waals surface area contributed by atoms with Crippen molar-refractivity contribution in [3.63, 3.8) is 0 Å². The third-order valence-corrected chi connectivity index (χ3v) is 3.64. The molecule has 0 saturated heterocycles. The van der Waals surface area contributed by atoms with E-state index in [2.05, 4.69) is 46.9 Å². The predicted octanol–water partition coefficient (Wildman–Crippen LogP) is 2.31. The van der Waals surface area contributed by atoms with Gasteiger partial charge in [0, 0.05) is 29.4 Å². The number of rotatable bonds is 2. The van der Waals surface area contributed by atoms with Crippen LogP contribution in [-0.2, 0) is 0 Å². The third kappa shape index (κ3) is 1.93. The molecule has 2 N–H and O–H groups in total. The van der Waals surface area contributed by atoms with Gasteiger partial charge in [0.05, 0.1) is 12.6 Å². The highest BCUT2D eigenvalue weighted by Gasteiger charge is 2.30. The number of benzene rings is 1. The Hall–Kier alpha value is -2.10. The lowest BCUT2D eigenvalue weighted by Gasteiger charge is -2.30. The van der Waals surface area contributed by atoms with Crippen LogP contribution in [0.4, 0.5) is 0 Å². The van der Waals surface area contributed by atoms with E-state index in [9.17, 15) is 0 Å². The van der Waals surface area contributed by atoms with Crippen LogP contribution in [0.15, 0.2) is 41.7 Å². The summed E-state index contributed by atoms with van der Waals surface area (Å²) in [5, 5.41) is 2.40. The van der Waals surface area contributed by atoms with Gasteiger partial charge in [0.15, 0.2) is 5.96 Å². The molecular weight excluding hydrogens is 236 g/mol. The number of aromatic nitrogens is 1. The number of hydrogen-bond donors (Lipinski definition) is 1. The lowest BCUT2D eigenvalue weighted by Crippen LogP contribution is -2.41. The largest absolute Gasteiger partial charge is 0.370 e. The molecule has 1 unspecified atom stereocenters. The van der Waals surface area contributed by atoms with Crippen molar-refractivity contribution in [1.82, 2.24) is 9.88 Å². The fourth-order valence-electron chi connectivity index (χ4n) is 2.79. The van der Waals surface area contributed by atoms with Gasteiger partial charge in [-0.05, 0) is 19.2 Å². The molecule has 0 spiro atoms. The monoisotopic (exact) mass is 254 g/mol. The smallest absolute Gasteiger partial charge is 0.192 e. The van der Waals surface area contributed by atoms with E-state index in [0.29, 0.717) is 18.5 Å². The Morgan fingerprint density at radius 1 is 1.26 bits per heavy atom. The standard InChI is InChI=1S/C15H18N4/c1-10(2)19-14(9-18-15(19)16)13-8-17-7-11-5-3-4-6-12(11)13/h3-8,10,14H,9H2,1-2H3,(H2,16,18). The Morgan fingerprint density at radius 2 is 2.05 bits per heavy atom. The highest BCUT2D eigenvalue weighted by atomic mass is 15.3. The second-order valence-electron chi connectivity index (χ2n) is 5.17. The normalized spacial score (nSPS) is 19.2. The Bertz CT molecular complexity index is 628. The van der Waals surface area contributed by atoms with E-state index >= 15 is 0 Å². The van der Waals surface area contributed by atoms with E-state index in [4.69, 9.17) is 5.73 Å². The van der Waals surface area contributed by atoms with Crippen molar-refractivity contribution in [2.24, 2.45) is 10.7 Å². The van der Waals surface area contributed by atoms with Crippen molar-refractivity contribution in [2.45, 2.75) is 25.9 Å². The molecule has 2 aromatic rings. The summed E-state index contributed by atoms with van der Waals surface area (Å²) < 4.78 is 0. The zero-order valence-electron chi connectivity index (χ0n) is 11.2. The number of pyridine rings is 1. The zero-order chi connectivity index (χ0) is 13.4. The molecule has 0 bridgehead atoms. The minimum absolute atomic E-state index is 0.193. The van der Waals surface area contributed by atoms with Crippen molar-refractivity contribution in [2.75, 3.05) is 6.54 Å². The predicted molar refractivity (Wildman–Crippen MR) is 77.9 cm³/mol. The summed E-state index contributed by atoms with van der Waals surface area (Å²) in [6, 6.07) is 8.84. The van der Waals surface area contributed by atoms with E-state index < -0.39 is 0 Å². The number of hydrogen-bond acceptors (Lipinski definition) is 4. The second kappa shape index (κ2) is 4.53. The molecule has 1 aliphatic heterocycles. The highest BCUT2D eigenvalue weighted by Crippen LogP contribution is 2.31. The van der Waals surface area contributed by atoms with Crippen molar-refractivity contribution in [1.29, 1.82) is 0 Å². The molecule has 4 nitrogen and oxygen atoms in total. The topological polar surface area (TPSA) is 54.5 Å². The molecule has 0 saturated carbocycles. The highest BCUT2D eigenvalue weighted by molar-refractivity contribution is 5.87. The molecule has 1 atom stereocenters. The minimum Gasteiger partial charge on any atom is -0.370 e. The van der Waals surface area contributed by atoms with E-state index in [1.54, 1.807) is 0 Å². The number of guanidine groups is 1. The summed E-state index contributed by atoms with van der Waals surface area (Å²) in [6.07, 6.45) is 3.84. The molecule has 4 heteroatoms. The van der Waals surface area contributed by atoms with Crippen LogP contribution in [0.25, 0.3) is 10.8 Å². The molecule has 0 fully saturated rings. The first-order valence-electron chi connectivity index (χ1n) is 6.59. The number of nitrogens with two attached hydrogens (primary N) is 1. The fourth-order valence-corrected chi connectivity index (χ4v) is 2.79. The third-order valence-electron chi connectivity index (χ3n) is 3.64. The average molecular weight is 254 g/mol. The molecule has 98 valence electrons. The SMILES string of the molecule is CC(C)N1C(N)=NCC1c1cncc2ccccc12. The Balaban J connectivity index is 2.10. The van der Waals surface area contributed by atoms with E-state index in [1.165, 1.54) is 10.9 Å². The van der Waals surface area contributed by atoms with Gasteiger partial charge < -0.3 is 10.6 Å². The van der Waals surface area contributed by atoms with Crippen molar-refractivity contribution < 1.29 is 0 Å². The van der Waals surface area contributed by atoms with Gasteiger partial charge >= 0.3 is 0 Å². The zero-order valence-corrected chi connectivity index (χ0v) is 11.2. The quantitative estimate of drug-likeness (QED) is 0.894. The fraction of sp³-hybridized carbons (Fsp3) is 0.333. The molecule has 0 amide bonds. The Morgan fingerprint density at radius 3 is 2.84 bits per heavy atom. The molecule has 1 aromatic heterocycles. The average Bonchev–Trinajstić information content (AvgIpc) is 2.80. The maximum Gasteiger partial charge on any atom is 0.192 e. The van der Waals surface area contributed by atoms with Gasteiger partial charge in [-0.1, -0.05) is 24.3 Å². The Kier molecular flexibility index (Phi) is 2.85. The summed E-state index contributed by atoms with van der Waals surface area (Å²) >= 11 is 0. The maximum atomic E-state index is 6.01. The summed E-state index contributed by atoms with van der Waals surface area (Å²) in [6.45, 7) is 4.98. The van der Waals surface area contributed by atoms with Crippen molar-refractivity contribution in [3.05, 3.63) is 42.2 Å². The van der Waals surface area contributed by atoms with Crippen LogP contribution in [0.1, 0.15) is 25.5 Å². The minimum atomic E-state index is 0.193. The summed E-state index contributed by atoms with van der Waals surface area (Å²) in [5.41, 5.74) is 7.21. The summed E-state index contributed by atoms with van der Waals surface area (Å²) in [7, 11) is 0. The summed E-state index contributed by atoms with van der Waals surface area (Å²) in [5.74, 6) is 0.632. The number of fused-ring (bicyclic) bond motifs is 1. The Labute approximate surface area is 113 Å². The first kappa shape index (κ1) is 12.0. The second-order valence-corrected chi connectivity index (χ2v) is 5.17. The molecule has 3 rings (SSSR count). The molecule has 1 aliphatic rings. The van der Waals surface area contributed by atoms with Gasteiger partial charge in [-0.15, -0.1) is 0 Å². The molecule has 19 heavy (non-hydrogen) atoms. The molecule has 1 aromatic carbocycles. The van der Waals surface area contributed by atoms with Gasteiger partial charge in [0.2, 0.25) is 0 Å². The first-order valence-corrected chi connectivity index (χ1v) is 6.59. The van der Waals surface area contributed by atoms with Gasteiger partial charge in [-0.25, -0.2) is 0 Å². The van der Waals surface area contributed by atoms with Crippen LogP contribution in [0.3, 0.4) is 0 Å². The van der Waals surface area contributed by atoms with Crippen LogP contribution < -0.4 is 5.73 Å². The van der Waals surface area contributed by atoms with Crippen LogP contribution in [0, 0.1) is 0 Å². The lowest BCUT2D eigenvalue weighted by molar-refractivity contribution is 0.291. The number of nitrogens with zero attached hydrogens (tertiary/aromatic N) is 3. The van der Waals surface area contributed by atoms with E-state index in [-0.39, 0.29) is 6.04 Å². The van der Waals surface area contributed by atoms with Crippen molar-refractivity contribution >= 4 is 16.7 Å².